The molecule has 1 rings (SSSR count). The van der Waals surface area contributed by atoms with E-state index in [0.29, 0.717) is 5.56 Å². The number of alkyl halides is 4. The summed E-state index contributed by atoms with van der Waals surface area (Å²) in [5.74, 6) is 0. The Hall–Kier alpha value is -1.79. The van der Waals surface area contributed by atoms with Crippen LogP contribution in [0.25, 0.3) is 0 Å². The van der Waals surface area contributed by atoms with Crippen LogP contribution in [0.5, 0.6) is 0 Å². The third kappa shape index (κ3) is 5.03. The molecule has 1 unspecified atom stereocenters. The second kappa shape index (κ2) is 6.23. The lowest BCUT2D eigenvalue weighted by Crippen LogP contribution is -2.38. The molecule has 0 aliphatic heterocycles. The maximum absolute atomic E-state index is 12.4. The molecule has 0 aliphatic carbocycles. The second-order valence-corrected chi connectivity index (χ2v) is 3.45. The first-order chi connectivity index (χ1) is 8.39. The molecule has 18 heavy (non-hydrogen) atoms. The molecule has 100 valence electrons. The lowest BCUT2D eigenvalue weighted by molar-refractivity contribution is -0.178. The van der Waals surface area contributed by atoms with Crippen LogP contribution in [0.4, 0.5) is 22.4 Å². The highest BCUT2D eigenvalue weighted by Gasteiger charge is 2.40. The minimum absolute atomic E-state index is 0.0877. The minimum Gasteiger partial charge on any atom is -0.445 e. The fourth-order valence-corrected chi connectivity index (χ4v) is 1.06. The van der Waals surface area contributed by atoms with Gasteiger partial charge in [0.05, 0.1) is 6.54 Å². The van der Waals surface area contributed by atoms with Gasteiger partial charge in [0.25, 0.3) is 0 Å². The monoisotopic (exact) mass is 265 g/mol. The van der Waals surface area contributed by atoms with E-state index in [0.717, 1.165) is 0 Å². The number of nitrogens with one attached hydrogen (secondary N) is 1. The highest BCUT2D eigenvalue weighted by atomic mass is 19.4. The van der Waals surface area contributed by atoms with Crippen LogP contribution < -0.4 is 5.32 Å². The van der Waals surface area contributed by atoms with E-state index in [4.69, 9.17) is 0 Å². The van der Waals surface area contributed by atoms with Gasteiger partial charge in [-0.25, -0.2) is 9.18 Å². The van der Waals surface area contributed by atoms with Gasteiger partial charge in [0.1, 0.15) is 6.61 Å². The predicted molar refractivity (Wildman–Crippen MR) is 55.6 cm³/mol. The fraction of sp³-hybridized carbons (Fsp3) is 0.364. The fourth-order valence-electron chi connectivity index (χ4n) is 1.06. The van der Waals surface area contributed by atoms with E-state index >= 15 is 0 Å². The quantitative estimate of drug-likeness (QED) is 0.850. The van der Waals surface area contributed by atoms with Crippen molar-refractivity contribution in [2.75, 3.05) is 6.54 Å². The predicted octanol–water partition coefficient (Wildman–Crippen LogP) is 2.81. The van der Waals surface area contributed by atoms with Crippen LogP contribution in [0.1, 0.15) is 5.56 Å². The molecule has 0 fully saturated rings. The molecule has 1 aromatic rings. The average molecular weight is 265 g/mol. The van der Waals surface area contributed by atoms with E-state index in [1.807, 2.05) is 0 Å². The summed E-state index contributed by atoms with van der Waals surface area (Å²) in [4.78, 5) is 11.0. The van der Waals surface area contributed by atoms with Crippen LogP contribution in [0.15, 0.2) is 30.3 Å². The summed E-state index contributed by atoms with van der Waals surface area (Å²) in [6.07, 6.45) is -9.17. The third-order valence-electron chi connectivity index (χ3n) is 1.99. The average Bonchev–Trinajstić information content (AvgIpc) is 2.33. The van der Waals surface area contributed by atoms with Crippen molar-refractivity contribution < 1.29 is 27.1 Å². The molecule has 7 heteroatoms. The first-order valence-corrected chi connectivity index (χ1v) is 5.05. The van der Waals surface area contributed by atoms with Crippen LogP contribution in [0, 0.1) is 0 Å². The molecule has 0 radical (unpaired) electrons. The van der Waals surface area contributed by atoms with E-state index in [9.17, 15) is 22.4 Å². The molecular formula is C11H11F4NO2. The Bertz CT molecular complexity index is 380. The zero-order valence-electron chi connectivity index (χ0n) is 9.21. The van der Waals surface area contributed by atoms with Crippen LogP contribution >= 0.6 is 0 Å². The van der Waals surface area contributed by atoms with Crippen molar-refractivity contribution in [2.24, 2.45) is 0 Å². The van der Waals surface area contributed by atoms with Crippen molar-refractivity contribution in [2.45, 2.75) is 19.0 Å². The highest BCUT2D eigenvalue weighted by molar-refractivity contribution is 5.67. The van der Waals surface area contributed by atoms with Crippen LogP contribution in [0.3, 0.4) is 0 Å². The van der Waals surface area contributed by atoms with Gasteiger partial charge in [-0.1, -0.05) is 30.3 Å². The number of benzene rings is 1. The molecule has 1 N–H and O–H groups in total. The van der Waals surface area contributed by atoms with Crippen molar-refractivity contribution >= 4 is 6.09 Å². The number of hydrogen-bond donors (Lipinski definition) is 1. The first kappa shape index (κ1) is 14.3. The normalized spacial score (nSPS) is 12.9. The van der Waals surface area contributed by atoms with Gasteiger partial charge >= 0.3 is 12.3 Å². The smallest absolute Gasteiger partial charge is 0.421 e. The molecule has 0 heterocycles. The summed E-state index contributed by atoms with van der Waals surface area (Å²) in [5.41, 5.74) is 0.681. The Morgan fingerprint density at radius 1 is 1.28 bits per heavy atom. The molecule has 1 aromatic carbocycles. The number of halogens is 4. The molecule has 0 aromatic heterocycles. The van der Waals surface area contributed by atoms with Gasteiger partial charge in [-0.15, -0.1) is 0 Å². The Morgan fingerprint density at radius 2 is 1.89 bits per heavy atom. The lowest BCUT2D eigenvalue weighted by atomic mass is 10.2. The highest BCUT2D eigenvalue weighted by Crippen LogP contribution is 2.22. The zero-order valence-corrected chi connectivity index (χ0v) is 9.21. The van der Waals surface area contributed by atoms with Crippen molar-refractivity contribution in [1.82, 2.24) is 5.32 Å². The Labute approximate surface area is 101 Å². The molecule has 1 amide bonds. The summed E-state index contributed by atoms with van der Waals surface area (Å²) in [5, 5.41) is 1.70. The van der Waals surface area contributed by atoms with E-state index in [-0.39, 0.29) is 6.61 Å². The molecule has 0 spiro atoms. The van der Waals surface area contributed by atoms with Gasteiger partial charge in [0, 0.05) is 0 Å². The van der Waals surface area contributed by atoms with Crippen LogP contribution in [-0.2, 0) is 11.3 Å². The summed E-state index contributed by atoms with van der Waals surface area (Å²) >= 11 is 0. The summed E-state index contributed by atoms with van der Waals surface area (Å²) in [6.45, 7) is -1.24. The topological polar surface area (TPSA) is 38.3 Å². The Balaban J connectivity index is 2.27. The van der Waals surface area contributed by atoms with Gasteiger partial charge in [0.2, 0.25) is 6.17 Å². The van der Waals surface area contributed by atoms with Crippen molar-refractivity contribution in [1.29, 1.82) is 0 Å². The number of alkyl carbamates (subject to hydrolysis) is 1. The SMILES string of the molecule is O=C(NCC(F)C(F)(F)F)OCc1ccccc1. The number of hydrogen-bond acceptors (Lipinski definition) is 2. The number of amides is 1. The van der Waals surface area contributed by atoms with E-state index < -0.39 is 25.0 Å². The minimum atomic E-state index is -4.98. The maximum Gasteiger partial charge on any atom is 0.421 e. The van der Waals surface area contributed by atoms with Crippen molar-refractivity contribution in [3.8, 4) is 0 Å². The number of ether oxygens (including phenoxy) is 1. The van der Waals surface area contributed by atoms with Crippen molar-refractivity contribution in [3.63, 3.8) is 0 Å². The molecule has 0 aliphatic rings. The third-order valence-corrected chi connectivity index (χ3v) is 1.99. The Morgan fingerprint density at radius 3 is 2.44 bits per heavy atom. The molecule has 0 saturated carbocycles. The molecule has 3 nitrogen and oxygen atoms in total. The van der Waals surface area contributed by atoms with E-state index in [2.05, 4.69) is 4.74 Å². The molecular weight excluding hydrogens is 254 g/mol. The molecule has 1 atom stereocenters. The largest absolute Gasteiger partial charge is 0.445 e. The van der Waals surface area contributed by atoms with Gasteiger partial charge in [0.15, 0.2) is 0 Å². The van der Waals surface area contributed by atoms with Crippen LogP contribution in [-0.4, -0.2) is 25.0 Å². The second-order valence-electron chi connectivity index (χ2n) is 3.45. The molecule has 0 bridgehead atoms. The van der Waals surface area contributed by atoms with E-state index in [1.54, 1.807) is 35.6 Å². The Kier molecular flexibility index (Phi) is 4.94. The maximum atomic E-state index is 12.4. The van der Waals surface area contributed by atoms with Gasteiger partial charge in [-0.3, -0.25) is 0 Å². The summed E-state index contributed by atoms with van der Waals surface area (Å²) < 4.78 is 52.4. The first-order valence-electron chi connectivity index (χ1n) is 5.05. The van der Waals surface area contributed by atoms with Gasteiger partial charge in [-0.05, 0) is 5.56 Å². The number of rotatable bonds is 4. The lowest BCUT2D eigenvalue weighted by Gasteiger charge is -2.13. The summed E-state index contributed by atoms with van der Waals surface area (Å²) in [7, 11) is 0. The van der Waals surface area contributed by atoms with E-state index in [1.165, 1.54) is 0 Å². The summed E-state index contributed by atoms with van der Waals surface area (Å²) in [6, 6.07) is 8.57. The molecule has 0 saturated heterocycles. The number of carbonyl (C=O) groups is 1. The van der Waals surface area contributed by atoms with Gasteiger partial charge in [-0.2, -0.15) is 13.2 Å². The van der Waals surface area contributed by atoms with Gasteiger partial charge < -0.3 is 10.1 Å². The standard InChI is InChI=1S/C11H11F4NO2/c12-9(11(13,14)15)6-16-10(17)18-7-8-4-2-1-3-5-8/h1-5,9H,6-7H2,(H,16,17). The number of carbonyl (C=O) groups excluding carboxylic acids is 1. The van der Waals surface area contributed by atoms with Crippen LogP contribution in [0.2, 0.25) is 0 Å². The van der Waals surface area contributed by atoms with Crippen molar-refractivity contribution in [3.05, 3.63) is 35.9 Å². The zero-order chi connectivity index (χ0) is 13.6.